The third-order valence-corrected chi connectivity index (χ3v) is 6.05. The van der Waals surface area contributed by atoms with Crippen LogP contribution in [0.3, 0.4) is 0 Å². The Kier molecular flexibility index (Phi) is 4.56. The molecule has 0 radical (unpaired) electrons. The van der Waals surface area contributed by atoms with Crippen LogP contribution in [0.25, 0.3) is 11.6 Å². The van der Waals surface area contributed by atoms with Crippen molar-refractivity contribution in [2.24, 2.45) is 5.92 Å². The lowest BCUT2D eigenvalue weighted by Gasteiger charge is -2.19. The van der Waals surface area contributed by atoms with Crippen LogP contribution in [0.5, 0.6) is 5.75 Å². The molecule has 1 aromatic carbocycles. The molecule has 1 unspecified atom stereocenters. The van der Waals surface area contributed by atoms with Crippen molar-refractivity contribution in [1.82, 2.24) is 0 Å². The minimum absolute atomic E-state index is 0.243. The largest absolute Gasteiger partial charge is 0.507 e. The summed E-state index contributed by atoms with van der Waals surface area (Å²) >= 11 is 1.56. The fourth-order valence-corrected chi connectivity index (χ4v) is 4.60. The minimum atomic E-state index is -4.58. The molecule has 1 nitrogen and oxygen atoms in total. The van der Waals surface area contributed by atoms with E-state index < -0.39 is 17.5 Å². The van der Waals surface area contributed by atoms with Crippen LogP contribution in [0.1, 0.15) is 55.2 Å². The first-order chi connectivity index (χ1) is 11.7. The first-order valence-corrected chi connectivity index (χ1v) is 9.41. The second-order valence-electron chi connectivity index (χ2n) is 6.71. The van der Waals surface area contributed by atoms with Gasteiger partial charge in [0.15, 0.2) is 0 Å². The van der Waals surface area contributed by atoms with Crippen molar-refractivity contribution in [3.8, 4) is 5.75 Å². The Balaban J connectivity index is 2.35. The van der Waals surface area contributed by atoms with Gasteiger partial charge in [-0.3, -0.25) is 0 Å². The number of phenols is 1. The Morgan fingerprint density at radius 3 is 2.48 bits per heavy atom. The number of alkyl halides is 3. The van der Waals surface area contributed by atoms with E-state index >= 15 is 0 Å². The second-order valence-corrected chi connectivity index (χ2v) is 8.09. The SMILES string of the molecule is CCSC1C(C)=C2C=C(C(C)C)C=Cc3cc(C(F)(F)F)c(O)c1c32. The van der Waals surface area contributed by atoms with Crippen LogP contribution in [0, 0.1) is 5.92 Å². The lowest BCUT2D eigenvalue weighted by molar-refractivity contribution is -0.138. The molecule has 0 saturated heterocycles. The highest BCUT2D eigenvalue weighted by atomic mass is 32.2. The van der Waals surface area contributed by atoms with E-state index in [1.54, 1.807) is 17.8 Å². The van der Waals surface area contributed by atoms with Gasteiger partial charge in [-0.15, -0.1) is 11.8 Å². The van der Waals surface area contributed by atoms with Crippen LogP contribution >= 0.6 is 11.8 Å². The van der Waals surface area contributed by atoms with Gasteiger partial charge in [0.25, 0.3) is 0 Å². The molecule has 3 rings (SSSR count). The van der Waals surface area contributed by atoms with Crippen molar-refractivity contribution >= 4 is 23.4 Å². The molecule has 25 heavy (non-hydrogen) atoms. The molecule has 0 saturated carbocycles. The zero-order valence-corrected chi connectivity index (χ0v) is 15.5. The zero-order chi connectivity index (χ0) is 18.5. The summed E-state index contributed by atoms with van der Waals surface area (Å²) in [5.74, 6) is 0.403. The molecule has 1 atom stereocenters. The summed E-state index contributed by atoms with van der Waals surface area (Å²) in [4.78, 5) is 0. The molecule has 0 bridgehead atoms. The molecule has 5 heteroatoms. The Morgan fingerprint density at radius 1 is 1.24 bits per heavy atom. The molecule has 1 N–H and O–H groups in total. The molecule has 0 aromatic heterocycles. The van der Waals surface area contributed by atoms with Gasteiger partial charge >= 0.3 is 6.18 Å². The van der Waals surface area contributed by atoms with Gasteiger partial charge in [-0.2, -0.15) is 13.2 Å². The maximum Gasteiger partial charge on any atom is 0.419 e. The highest BCUT2D eigenvalue weighted by Crippen LogP contribution is 2.56. The minimum Gasteiger partial charge on any atom is -0.507 e. The van der Waals surface area contributed by atoms with E-state index in [1.807, 2.05) is 19.9 Å². The third-order valence-electron chi connectivity index (χ3n) is 4.79. The first-order valence-electron chi connectivity index (χ1n) is 8.36. The van der Waals surface area contributed by atoms with E-state index in [0.717, 1.165) is 34.1 Å². The van der Waals surface area contributed by atoms with Crippen LogP contribution in [0.2, 0.25) is 0 Å². The van der Waals surface area contributed by atoms with Crippen molar-refractivity contribution in [3.63, 3.8) is 0 Å². The fourth-order valence-electron chi connectivity index (χ4n) is 3.49. The van der Waals surface area contributed by atoms with E-state index in [4.69, 9.17) is 0 Å². The summed E-state index contributed by atoms with van der Waals surface area (Å²) < 4.78 is 40.3. The number of rotatable bonds is 3. The Bertz CT molecular complexity index is 813. The predicted octanol–water partition coefficient (Wildman–Crippen LogP) is 6.60. The van der Waals surface area contributed by atoms with E-state index in [0.29, 0.717) is 11.1 Å². The van der Waals surface area contributed by atoms with Gasteiger partial charge in [-0.25, -0.2) is 0 Å². The summed E-state index contributed by atoms with van der Waals surface area (Å²) in [5, 5.41) is 10.2. The van der Waals surface area contributed by atoms with Crippen molar-refractivity contribution in [2.75, 3.05) is 5.75 Å². The van der Waals surface area contributed by atoms with Crippen molar-refractivity contribution in [1.29, 1.82) is 0 Å². The molecular formula is C20H21F3OS. The van der Waals surface area contributed by atoms with E-state index in [-0.39, 0.29) is 11.2 Å². The molecule has 0 aliphatic heterocycles. The molecule has 0 spiro atoms. The Hall–Kier alpha value is -1.62. The number of halogens is 3. The summed E-state index contributed by atoms with van der Waals surface area (Å²) in [6, 6.07) is 1.08. The van der Waals surface area contributed by atoms with Crippen molar-refractivity contribution < 1.29 is 18.3 Å². The molecule has 2 aliphatic rings. The van der Waals surface area contributed by atoms with Crippen LogP contribution in [0.4, 0.5) is 13.2 Å². The molecule has 0 fully saturated rings. The summed E-state index contributed by atoms with van der Waals surface area (Å²) in [7, 11) is 0. The standard InChI is InChI=1S/C20H21F3OS/c1-5-25-19-11(4)14-8-12(10(2)3)6-7-13-9-15(20(21,22)23)18(24)17(19)16(13)14/h6-10,19,24H,5H2,1-4H3. The first kappa shape index (κ1) is 18.2. The number of hydrogen-bond donors (Lipinski definition) is 1. The van der Waals surface area contributed by atoms with E-state index in [9.17, 15) is 18.3 Å². The number of aromatic hydroxyl groups is 1. The maximum absolute atomic E-state index is 13.4. The quantitative estimate of drug-likeness (QED) is 0.650. The summed E-state index contributed by atoms with van der Waals surface area (Å²) in [5.41, 5.74) is 3.78. The second kappa shape index (κ2) is 6.27. The monoisotopic (exact) mass is 366 g/mol. The van der Waals surface area contributed by atoms with E-state index in [2.05, 4.69) is 19.9 Å². The number of hydrogen-bond acceptors (Lipinski definition) is 2. The molecule has 0 heterocycles. The average molecular weight is 366 g/mol. The van der Waals surface area contributed by atoms with Crippen molar-refractivity contribution in [3.05, 3.63) is 51.6 Å². The van der Waals surface area contributed by atoms with Gasteiger partial charge < -0.3 is 5.11 Å². The molecular weight excluding hydrogens is 345 g/mol. The van der Waals surface area contributed by atoms with Crippen molar-refractivity contribution in [2.45, 2.75) is 39.1 Å². The van der Waals surface area contributed by atoms with Crippen LogP contribution < -0.4 is 0 Å². The van der Waals surface area contributed by atoms with Gasteiger partial charge in [0.05, 0.1) is 10.8 Å². The number of benzene rings is 1. The van der Waals surface area contributed by atoms with Gasteiger partial charge in [0.1, 0.15) is 5.75 Å². The van der Waals surface area contributed by atoms with E-state index in [1.165, 1.54) is 0 Å². The third kappa shape index (κ3) is 2.92. The smallest absolute Gasteiger partial charge is 0.419 e. The van der Waals surface area contributed by atoms with Crippen LogP contribution in [0.15, 0.2) is 29.4 Å². The van der Waals surface area contributed by atoms with Gasteiger partial charge in [0.2, 0.25) is 0 Å². The van der Waals surface area contributed by atoms with Gasteiger partial charge in [-0.1, -0.05) is 39.0 Å². The summed E-state index contributed by atoms with van der Waals surface area (Å²) in [6.45, 7) is 8.06. The van der Waals surface area contributed by atoms with Gasteiger partial charge in [-0.05, 0) is 52.5 Å². The maximum atomic E-state index is 13.4. The summed E-state index contributed by atoms with van der Waals surface area (Å²) in [6.07, 6.45) is 1.12. The number of phenolic OH excluding ortho intramolecular Hbond substituents is 1. The van der Waals surface area contributed by atoms with Gasteiger partial charge in [0, 0.05) is 5.56 Å². The highest BCUT2D eigenvalue weighted by molar-refractivity contribution is 7.99. The number of thioether (sulfide) groups is 1. The highest BCUT2D eigenvalue weighted by Gasteiger charge is 2.41. The predicted molar refractivity (Wildman–Crippen MR) is 98.5 cm³/mol. The zero-order valence-electron chi connectivity index (χ0n) is 14.7. The normalized spacial score (nSPS) is 19.4. The fraction of sp³-hybridized carbons (Fsp3) is 0.400. The molecule has 1 aromatic rings. The lowest BCUT2D eigenvalue weighted by atomic mass is 9.94. The molecule has 2 aliphatic carbocycles. The molecule has 134 valence electrons. The topological polar surface area (TPSA) is 20.2 Å². The van der Waals surface area contributed by atoms with Crippen LogP contribution in [-0.4, -0.2) is 10.9 Å². The van der Waals surface area contributed by atoms with Crippen LogP contribution in [-0.2, 0) is 6.18 Å². The molecule has 0 amide bonds. The Labute approximate surface area is 150 Å². The Morgan fingerprint density at radius 2 is 1.92 bits per heavy atom. The lowest BCUT2D eigenvalue weighted by Crippen LogP contribution is -2.09. The number of allylic oxidation sites excluding steroid dienone is 4. The average Bonchev–Trinajstić information content (AvgIpc) is 2.68.